The lowest BCUT2D eigenvalue weighted by Crippen LogP contribution is -2.54. The van der Waals surface area contributed by atoms with E-state index in [-0.39, 0.29) is 5.57 Å². The van der Waals surface area contributed by atoms with Gasteiger partial charge in [-0.2, -0.15) is 0 Å². The fourth-order valence-corrected chi connectivity index (χ4v) is 2.69. The van der Waals surface area contributed by atoms with Gasteiger partial charge in [0, 0.05) is 5.56 Å². The largest absolute Gasteiger partial charge is 0.497 e. The summed E-state index contributed by atoms with van der Waals surface area (Å²) in [5.41, 5.74) is 1.66. The Hall–Kier alpha value is -3.61. The Kier molecular flexibility index (Phi) is 4.94. The van der Waals surface area contributed by atoms with Crippen molar-refractivity contribution in [2.45, 2.75) is 6.92 Å². The molecule has 27 heavy (non-hydrogen) atoms. The number of carbonyl (C=O) groups is 3. The van der Waals surface area contributed by atoms with Crippen LogP contribution in [0, 0.1) is 6.92 Å². The van der Waals surface area contributed by atoms with Gasteiger partial charge in [0.2, 0.25) is 0 Å². The van der Waals surface area contributed by atoms with E-state index in [0.29, 0.717) is 22.7 Å². The number of barbiturate groups is 1. The van der Waals surface area contributed by atoms with Crippen LogP contribution in [0.25, 0.3) is 6.08 Å². The maximum absolute atomic E-state index is 12.9. The fraction of sp³-hybridized carbons (Fsp3) is 0.150. The van der Waals surface area contributed by atoms with Crippen molar-refractivity contribution in [3.8, 4) is 11.5 Å². The van der Waals surface area contributed by atoms with Crippen LogP contribution in [0.4, 0.5) is 10.5 Å². The molecule has 0 unspecified atom stereocenters. The zero-order valence-electron chi connectivity index (χ0n) is 15.1. The first-order chi connectivity index (χ1) is 12.9. The van der Waals surface area contributed by atoms with Gasteiger partial charge in [0.05, 0.1) is 19.9 Å². The highest BCUT2D eigenvalue weighted by Crippen LogP contribution is 2.28. The van der Waals surface area contributed by atoms with Gasteiger partial charge >= 0.3 is 6.03 Å². The molecule has 0 aromatic heterocycles. The number of hydrogen-bond acceptors (Lipinski definition) is 5. The highest BCUT2D eigenvalue weighted by molar-refractivity contribution is 6.39. The molecule has 0 saturated carbocycles. The minimum atomic E-state index is -0.788. The zero-order chi connectivity index (χ0) is 19.6. The van der Waals surface area contributed by atoms with Crippen LogP contribution >= 0.6 is 0 Å². The number of aryl methyl sites for hydroxylation is 1. The number of imide groups is 2. The lowest BCUT2D eigenvalue weighted by Gasteiger charge is -2.26. The van der Waals surface area contributed by atoms with Crippen LogP contribution in [0.2, 0.25) is 0 Å². The summed E-state index contributed by atoms with van der Waals surface area (Å²) < 4.78 is 10.5. The molecule has 0 atom stereocenters. The monoisotopic (exact) mass is 366 g/mol. The van der Waals surface area contributed by atoms with Crippen molar-refractivity contribution >= 4 is 29.6 Å². The van der Waals surface area contributed by atoms with Crippen LogP contribution in [0.5, 0.6) is 11.5 Å². The number of rotatable bonds is 4. The predicted molar refractivity (Wildman–Crippen MR) is 99.7 cm³/mol. The number of anilines is 1. The summed E-state index contributed by atoms with van der Waals surface area (Å²) in [6, 6.07) is 11.1. The summed E-state index contributed by atoms with van der Waals surface area (Å²) in [5, 5.41) is 2.20. The zero-order valence-corrected chi connectivity index (χ0v) is 15.1. The number of nitrogens with zero attached hydrogens (tertiary/aromatic N) is 1. The third-order valence-electron chi connectivity index (χ3n) is 4.13. The van der Waals surface area contributed by atoms with Crippen molar-refractivity contribution in [3.05, 3.63) is 59.2 Å². The van der Waals surface area contributed by atoms with E-state index in [9.17, 15) is 14.4 Å². The Labute approximate surface area is 156 Å². The van der Waals surface area contributed by atoms with E-state index < -0.39 is 17.8 Å². The molecule has 4 amide bonds. The van der Waals surface area contributed by atoms with Crippen molar-refractivity contribution in [2.75, 3.05) is 19.1 Å². The van der Waals surface area contributed by atoms with Crippen LogP contribution in [-0.2, 0) is 9.59 Å². The number of hydrogen-bond donors (Lipinski definition) is 1. The lowest BCUT2D eigenvalue weighted by atomic mass is 10.1. The fourth-order valence-electron chi connectivity index (χ4n) is 2.69. The molecule has 7 heteroatoms. The third kappa shape index (κ3) is 3.52. The van der Waals surface area contributed by atoms with Crippen LogP contribution in [0.15, 0.2) is 48.0 Å². The molecule has 1 heterocycles. The van der Waals surface area contributed by atoms with Crippen molar-refractivity contribution in [1.29, 1.82) is 0 Å². The average Bonchev–Trinajstić information content (AvgIpc) is 2.66. The van der Waals surface area contributed by atoms with E-state index in [1.165, 1.54) is 20.3 Å². The van der Waals surface area contributed by atoms with Gasteiger partial charge in [-0.15, -0.1) is 0 Å². The Bertz CT molecular complexity index is 947. The number of amides is 4. The molecule has 1 saturated heterocycles. The molecule has 0 spiro atoms. The van der Waals surface area contributed by atoms with Crippen molar-refractivity contribution in [1.82, 2.24) is 5.32 Å². The molecule has 138 valence electrons. The van der Waals surface area contributed by atoms with Crippen LogP contribution in [0.3, 0.4) is 0 Å². The van der Waals surface area contributed by atoms with E-state index in [2.05, 4.69) is 5.32 Å². The lowest BCUT2D eigenvalue weighted by molar-refractivity contribution is -0.122. The number of ether oxygens (including phenoxy) is 2. The van der Waals surface area contributed by atoms with Crippen molar-refractivity contribution in [3.63, 3.8) is 0 Å². The molecular formula is C20H18N2O5. The number of nitrogens with one attached hydrogen (secondary N) is 1. The van der Waals surface area contributed by atoms with Gasteiger partial charge < -0.3 is 9.47 Å². The molecule has 3 rings (SSSR count). The molecular weight excluding hydrogens is 348 g/mol. The molecule has 2 aromatic carbocycles. The summed E-state index contributed by atoms with van der Waals surface area (Å²) >= 11 is 0. The highest BCUT2D eigenvalue weighted by atomic mass is 16.5. The summed E-state index contributed by atoms with van der Waals surface area (Å²) in [6.07, 6.45) is 1.38. The van der Waals surface area contributed by atoms with E-state index in [0.717, 1.165) is 10.5 Å². The molecule has 1 fully saturated rings. The van der Waals surface area contributed by atoms with Gasteiger partial charge in [0.15, 0.2) is 0 Å². The highest BCUT2D eigenvalue weighted by Gasteiger charge is 2.36. The second kappa shape index (κ2) is 7.33. The summed E-state index contributed by atoms with van der Waals surface area (Å²) in [6.45, 7) is 1.89. The van der Waals surface area contributed by atoms with Gasteiger partial charge in [0.1, 0.15) is 17.1 Å². The maximum atomic E-state index is 12.9. The topological polar surface area (TPSA) is 84.9 Å². The molecule has 0 bridgehead atoms. The maximum Gasteiger partial charge on any atom is 0.335 e. The number of urea groups is 1. The molecule has 1 aliphatic heterocycles. The van der Waals surface area contributed by atoms with Crippen molar-refractivity contribution < 1.29 is 23.9 Å². The Morgan fingerprint density at radius 2 is 1.67 bits per heavy atom. The van der Waals surface area contributed by atoms with Crippen LogP contribution in [-0.4, -0.2) is 32.1 Å². The smallest absolute Gasteiger partial charge is 0.335 e. The third-order valence-corrected chi connectivity index (χ3v) is 4.13. The van der Waals surface area contributed by atoms with E-state index >= 15 is 0 Å². The molecule has 1 N–H and O–H groups in total. The molecule has 7 nitrogen and oxygen atoms in total. The first-order valence-corrected chi connectivity index (χ1v) is 8.14. The predicted octanol–water partition coefficient (Wildman–Crippen LogP) is 2.68. The first-order valence-electron chi connectivity index (χ1n) is 8.14. The molecule has 0 aliphatic carbocycles. The van der Waals surface area contributed by atoms with E-state index in [4.69, 9.17) is 9.47 Å². The minimum Gasteiger partial charge on any atom is -0.497 e. The standard InChI is InChI=1S/C20H18N2O5/c1-12-4-6-14(7-5-12)22-19(24)16(18(23)21-20(22)25)11-13-10-15(26-2)8-9-17(13)27-3/h4-11H,1-3H3,(H,21,23,25)/b16-11+. The quantitative estimate of drug-likeness (QED) is 0.664. The Morgan fingerprint density at radius 3 is 2.30 bits per heavy atom. The second-order valence-corrected chi connectivity index (χ2v) is 5.90. The second-order valence-electron chi connectivity index (χ2n) is 5.90. The number of benzene rings is 2. The van der Waals surface area contributed by atoms with Gasteiger partial charge in [0.25, 0.3) is 11.8 Å². The average molecular weight is 366 g/mol. The first kappa shape index (κ1) is 18.2. The van der Waals surface area contributed by atoms with Crippen LogP contribution < -0.4 is 19.7 Å². The SMILES string of the molecule is COc1ccc(OC)c(/C=C2\C(=O)NC(=O)N(c3ccc(C)cc3)C2=O)c1. The van der Waals surface area contributed by atoms with Gasteiger partial charge in [-0.05, 0) is 43.3 Å². The molecule has 1 aliphatic rings. The van der Waals surface area contributed by atoms with E-state index in [1.807, 2.05) is 6.92 Å². The number of methoxy groups -OCH3 is 2. The Balaban J connectivity index is 2.05. The molecule has 2 aromatic rings. The van der Waals surface area contributed by atoms with Gasteiger partial charge in [-0.1, -0.05) is 17.7 Å². The normalized spacial score (nSPS) is 15.7. The minimum absolute atomic E-state index is 0.179. The molecule has 0 radical (unpaired) electrons. The van der Waals surface area contributed by atoms with Gasteiger partial charge in [-0.25, -0.2) is 9.69 Å². The Morgan fingerprint density at radius 1 is 0.963 bits per heavy atom. The number of carbonyl (C=O) groups excluding carboxylic acids is 3. The van der Waals surface area contributed by atoms with Crippen molar-refractivity contribution in [2.24, 2.45) is 0 Å². The van der Waals surface area contributed by atoms with Crippen LogP contribution in [0.1, 0.15) is 11.1 Å². The summed E-state index contributed by atoms with van der Waals surface area (Å²) in [5.74, 6) is -0.476. The van der Waals surface area contributed by atoms with Gasteiger partial charge in [-0.3, -0.25) is 14.9 Å². The summed E-state index contributed by atoms with van der Waals surface area (Å²) in [7, 11) is 2.99. The summed E-state index contributed by atoms with van der Waals surface area (Å²) in [4.78, 5) is 38.3. The van der Waals surface area contributed by atoms with E-state index in [1.54, 1.807) is 42.5 Å².